The molecule has 0 saturated heterocycles. The van der Waals surface area contributed by atoms with Gasteiger partial charge in [0.25, 0.3) is 0 Å². The largest absolute Gasteiger partial charge is 0.364 e. The van der Waals surface area contributed by atoms with Crippen LogP contribution in [0.2, 0.25) is 0 Å². The SMILES string of the molecule is C=C(Cl)/C=c1/c(NCc2cccc(C)c2F)nnc(C)/c1=C/C. The number of aryl methyl sites for hydroxylation is 2. The first kappa shape index (κ1) is 17.2. The van der Waals surface area contributed by atoms with Gasteiger partial charge in [0, 0.05) is 27.6 Å². The van der Waals surface area contributed by atoms with Crippen molar-refractivity contribution in [3.05, 3.63) is 62.9 Å². The van der Waals surface area contributed by atoms with Gasteiger partial charge < -0.3 is 5.32 Å². The van der Waals surface area contributed by atoms with Gasteiger partial charge in [0.05, 0.1) is 5.69 Å². The van der Waals surface area contributed by atoms with Crippen LogP contribution in [0.4, 0.5) is 10.2 Å². The van der Waals surface area contributed by atoms with E-state index < -0.39 is 0 Å². The highest BCUT2D eigenvalue weighted by molar-refractivity contribution is 6.33. The van der Waals surface area contributed by atoms with Gasteiger partial charge in [-0.3, -0.25) is 0 Å². The molecule has 0 unspecified atom stereocenters. The van der Waals surface area contributed by atoms with E-state index in [1.807, 2.05) is 26.0 Å². The molecule has 2 aromatic rings. The van der Waals surface area contributed by atoms with E-state index in [-0.39, 0.29) is 5.82 Å². The highest BCUT2D eigenvalue weighted by Crippen LogP contribution is 2.12. The standard InChI is InChI=1S/C18H19ClFN3/c1-5-15-13(4)22-23-18(16(15)9-12(3)19)21-10-14-8-6-7-11(2)17(14)20/h5-9H,3,10H2,1-2,4H3,(H,21,23)/b15-5-,16-9+. The summed E-state index contributed by atoms with van der Waals surface area (Å²) in [6.07, 6.45) is 3.67. The lowest BCUT2D eigenvalue weighted by molar-refractivity contribution is 0.603. The predicted molar refractivity (Wildman–Crippen MR) is 94.1 cm³/mol. The van der Waals surface area contributed by atoms with Crippen LogP contribution in [0, 0.1) is 19.7 Å². The maximum absolute atomic E-state index is 14.1. The van der Waals surface area contributed by atoms with Gasteiger partial charge in [0.2, 0.25) is 0 Å². The van der Waals surface area contributed by atoms with Crippen LogP contribution in [0.1, 0.15) is 23.7 Å². The summed E-state index contributed by atoms with van der Waals surface area (Å²) in [7, 11) is 0. The summed E-state index contributed by atoms with van der Waals surface area (Å²) in [5.41, 5.74) is 1.98. The molecule has 0 aliphatic rings. The summed E-state index contributed by atoms with van der Waals surface area (Å²) in [6.45, 7) is 9.55. The minimum atomic E-state index is -0.213. The van der Waals surface area contributed by atoms with Gasteiger partial charge in [-0.1, -0.05) is 42.5 Å². The second kappa shape index (κ2) is 7.38. The molecule has 0 fully saturated rings. The Morgan fingerprint density at radius 2 is 2.04 bits per heavy atom. The molecule has 1 aromatic heterocycles. The first-order valence-electron chi connectivity index (χ1n) is 7.27. The number of aromatic nitrogens is 2. The maximum Gasteiger partial charge on any atom is 0.156 e. The second-order valence-corrected chi connectivity index (χ2v) is 5.73. The van der Waals surface area contributed by atoms with Crippen LogP contribution >= 0.6 is 11.6 Å². The average Bonchev–Trinajstić information content (AvgIpc) is 2.50. The molecule has 0 aliphatic carbocycles. The third-order valence-electron chi connectivity index (χ3n) is 3.54. The number of nitrogens with one attached hydrogen (secondary N) is 1. The predicted octanol–water partition coefficient (Wildman–Crippen LogP) is 3.18. The van der Waals surface area contributed by atoms with Crippen molar-refractivity contribution in [3.8, 4) is 0 Å². The molecule has 0 spiro atoms. The number of hydrogen-bond donors (Lipinski definition) is 1. The van der Waals surface area contributed by atoms with E-state index in [9.17, 15) is 4.39 Å². The lowest BCUT2D eigenvalue weighted by Crippen LogP contribution is -2.33. The number of allylic oxidation sites excluding steroid dienone is 1. The van der Waals surface area contributed by atoms with Crippen molar-refractivity contribution >= 4 is 29.6 Å². The summed E-state index contributed by atoms with van der Waals surface area (Å²) < 4.78 is 14.1. The molecule has 2 rings (SSSR count). The Labute approximate surface area is 140 Å². The third kappa shape index (κ3) is 3.96. The molecule has 23 heavy (non-hydrogen) atoms. The van der Waals surface area contributed by atoms with Gasteiger partial charge in [-0.15, -0.1) is 5.10 Å². The lowest BCUT2D eigenvalue weighted by atomic mass is 10.1. The Hall–Kier alpha value is -2.20. The Balaban J connectivity index is 2.45. The molecule has 3 nitrogen and oxygen atoms in total. The van der Waals surface area contributed by atoms with Gasteiger partial charge in [0.15, 0.2) is 5.82 Å². The highest BCUT2D eigenvalue weighted by atomic mass is 35.5. The van der Waals surface area contributed by atoms with Crippen LogP contribution in [0.15, 0.2) is 29.8 Å². The summed E-state index contributed by atoms with van der Waals surface area (Å²) >= 11 is 5.93. The zero-order valence-electron chi connectivity index (χ0n) is 13.5. The van der Waals surface area contributed by atoms with Crippen LogP contribution in [0.5, 0.6) is 0 Å². The topological polar surface area (TPSA) is 37.8 Å². The molecular formula is C18H19ClFN3. The quantitative estimate of drug-likeness (QED) is 0.935. The molecule has 1 heterocycles. The fourth-order valence-electron chi connectivity index (χ4n) is 2.38. The molecule has 0 atom stereocenters. The van der Waals surface area contributed by atoms with Crippen LogP contribution in [-0.4, -0.2) is 10.2 Å². The summed E-state index contributed by atoms with van der Waals surface area (Å²) in [5, 5.41) is 13.6. The van der Waals surface area contributed by atoms with Crippen molar-refractivity contribution < 1.29 is 4.39 Å². The van der Waals surface area contributed by atoms with Crippen molar-refractivity contribution in [1.82, 2.24) is 10.2 Å². The molecule has 0 radical (unpaired) electrons. The van der Waals surface area contributed by atoms with Crippen LogP contribution < -0.4 is 15.8 Å². The number of halogens is 2. The van der Waals surface area contributed by atoms with Crippen LogP contribution in [0.25, 0.3) is 12.2 Å². The number of rotatable bonds is 4. The third-order valence-corrected chi connectivity index (χ3v) is 3.65. The first-order chi connectivity index (χ1) is 10.9. The fourth-order valence-corrected chi connectivity index (χ4v) is 2.49. The molecule has 0 bridgehead atoms. The van der Waals surface area contributed by atoms with Gasteiger partial charge >= 0.3 is 0 Å². The number of benzene rings is 1. The minimum Gasteiger partial charge on any atom is -0.364 e. The van der Waals surface area contributed by atoms with Crippen molar-refractivity contribution in [1.29, 1.82) is 0 Å². The smallest absolute Gasteiger partial charge is 0.156 e. The zero-order valence-corrected chi connectivity index (χ0v) is 14.2. The number of anilines is 1. The van der Waals surface area contributed by atoms with Crippen molar-refractivity contribution in [2.24, 2.45) is 0 Å². The number of hydrogen-bond acceptors (Lipinski definition) is 3. The van der Waals surface area contributed by atoms with Gasteiger partial charge in [-0.05, 0) is 32.4 Å². The average molecular weight is 332 g/mol. The van der Waals surface area contributed by atoms with E-state index in [2.05, 4.69) is 22.1 Å². The van der Waals surface area contributed by atoms with Gasteiger partial charge in [-0.25, -0.2) is 4.39 Å². The zero-order chi connectivity index (χ0) is 17.0. The van der Waals surface area contributed by atoms with E-state index >= 15 is 0 Å². The van der Waals surface area contributed by atoms with E-state index in [0.717, 1.165) is 16.1 Å². The Kier molecular flexibility index (Phi) is 5.50. The molecule has 0 amide bonds. The van der Waals surface area contributed by atoms with Crippen molar-refractivity contribution in [2.45, 2.75) is 27.3 Å². The molecule has 0 aliphatic heterocycles. The van der Waals surface area contributed by atoms with Crippen LogP contribution in [0.3, 0.4) is 0 Å². The normalized spacial score (nSPS) is 12.6. The molecule has 120 valence electrons. The summed E-state index contributed by atoms with van der Waals surface area (Å²) in [5.74, 6) is 0.334. The fraction of sp³-hybridized carbons (Fsp3) is 0.222. The number of nitrogens with zero attached hydrogens (tertiary/aromatic N) is 2. The lowest BCUT2D eigenvalue weighted by Gasteiger charge is -2.09. The Bertz CT molecular complexity index is 859. The second-order valence-electron chi connectivity index (χ2n) is 5.24. The van der Waals surface area contributed by atoms with Gasteiger partial charge in [0.1, 0.15) is 5.82 Å². The molecule has 5 heteroatoms. The summed E-state index contributed by atoms with van der Waals surface area (Å²) in [4.78, 5) is 0. The van der Waals surface area contributed by atoms with Crippen molar-refractivity contribution in [3.63, 3.8) is 0 Å². The Morgan fingerprint density at radius 1 is 1.30 bits per heavy atom. The molecular weight excluding hydrogens is 313 g/mol. The van der Waals surface area contributed by atoms with Crippen LogP contribution in [-0.2, 0) is 6.54 Å². The highest BCUT2D eigenvalue weighted by Gasteiger charge is 2.07. The van der Waals surface area contributed by atoms with E-state index in [0.29, 0.717) is 28.5 Å². The van der Waals surface area contributed by atoms with E-state index in [1.165, 1.54) is 0 Å². The van der Waals surface area contributed by atoms with Gasteiger partial charge in [-0.2, -0.15) is 5.10 Å². The van der Waals surface area contributed by atoms with E-state index in [1.54, 1.807) is 25.1 Å². The maximum atomic E-state index is 14.1. The van der Waals surface area contributed by atoms with Crippen molar-refractivity contribution in [2.75, 3.05) is 5.32 Å². The monoisotopic (exact) mass is 331 g/mol. The molecule has 1 N–H and O–H groups in total. The molecule has 0 saturated carbocycles. The van der Waals surface area contributed by atoms with E-state index in [4.69, 9.17) is 11.6 Å². The molecule has 1 aromatic carbocycles. The first-order valence-corrected chi connectivity index (χ1v) is 7.65. The minimum absolute atomic E-state index is 0.213. The summed E-state index contributed by atoms with van der Waals surface area (Å²) in [6, 6.07) is 5.31. The Morgan fingerprint density at radius 3 is 2.70 bits per heavy atom.